The van der Waals surface area contributed by atoms with E-state index in [1.807, 2.05) is 0 Å². The molecular formula is C9H5ClF5NO2. The van der Waals surface area contributed by atoms with E-state index in [1.165, 1.54) is 0 Å². The van der Waals surface area contributed by atoms with Crippen LogP contribution < -0.4 is 0 Å². The summed E-state index contributed by atoms with van der Waals surface area (Å²) in [5, 5.41) is -1.22. The quantitative estimate of drug-likeness (QED) is 0.475. The van der Waals surface area contributed by atoms with Gasteiger partial charge in [0.25, 0.3) is 6.43 Å². The average molecular weight is 290 g/mol. The van der Waals surface area contributed by atoms with E-state index in [0.29, 0.717) is 6.07 Å². The summed E-state index contributed by atoms with van der Waals surface area (Å²) in [6, 6.07) is 0.311. The molecule has 1 rings (SSSR count). The molecule has 0 aromatic carbocycles. The van der Waals surface area contributed by atoms with Gasteiger partial charge in [0.2, 0.25) is 0 Å². The van der Waals surface area contributed by atoms with Crippen molar-refractivity contribution in [3.63, 3.8) is 0 Å². The van der Waals surface area contributed by atoms with Gasteiger partial charge < -0.3 is 4.74 Å². The van der Waals surface area contributed by atoms with Gasteiger partial charge in [0.15, 0.2) is 0 Å². The Morgan fingerprint density at radius 1 is 1.44 bits per heavy atom. The highest BCUT2D eigenvalue weighted by Gasteiger charge is 2.40. The minimum atomic E-state index is -5.01. The van der Waals surface area contributed by atoms with Gasteiger partial charge in [0.1, 0.15) is 16.4 Å². The molecule has 1 aromatic heterocycles. The summed E-state index contributed by atoms with van der Waals surface area (Å²) < 4.78 is 66.7. The predicted molar refractivity (Wildman–Crippen MR) is 50.5 cm³/mol. The third-order valence-electron chi connectivity index (χ3n) is 1.91. The summed E-state index contributed by atoms with van der Waals surface area (Å²) in [6.07, 6.45) is -8.16. The lowest BCUT2D eigenvalue weighted by Gasteiger charge is -2.14. The molecule has 0 spiro atoms. The van der Waals surface area contributed by atoms with Crippen LogP contribution in [0.5, 0.6) is 0 Å². The predicted octanol–water partition coefficient (Wildman–Crippen LogP) is 3.48. The first-order chi connectivity index (χ1) is 8.18. The summed E-state index contributed by atoms with van der Waals surface area (Å²) in [6.45, 7) is 0. The second-order valence-electron chi connectivity index (χ2n) is 3.05. The van der Waals surface area contributed by atoms with E-state index < -0.39 is 40.5 Å². The fourth-order valence-electron chi connectivity index (χ4n) is 1.19. The molecule has 0 saturated carbocycles. The smallest absolute Gasteiger partial charge is 0.420 e. The zero-order valence-corrected chi connectivity index (χ0v) is 9.44. The standard InChI is InChI=1S/C9H5ClF5NO2/c1-18-8(17)3-2-4(7(11)12)16-6(10)5(3)9(13,14)15/h2,7H,1H3. The zero-order valence-electron chi connectivity index (χ0n) is 8.69. The van der Waals surface area contributed by atoms with Crippen molar-refractivity contribution in [2.45, 2.75) is 12.6 Å². The van der Waals surface area contributed by atoms with Crippen LogP contribution in [0.15, 0.2) is 6.07 Å². The largest absolute Gasteiger partial charge is 0.465 e. The van der Waals surface area contributed by atoms with Crippen LogP contribution in [0, 0.1) is 0 Å². The molecule has 9 heteroatoms. The minimum absolute atomic E-state index is 0.311. The summed E-state index contributed by atoms with van der Waals surface area (Å²) in [5.41, 5.74) is -3.73. The average Bonchev–Trinajstić information content (AvgIpc) is 2.24. The Morgan fingerprint density at radius 2 is 2.00 bits per heavy atom. The van der Waals surface area contributed by atoms with Crippen LogP contribution in [0.25, 0.3) is 0 Å². The van der Waals surface area contributed by atoms with Crippen molar-refractivity contribution in [3.05, 3.63) is 28.0 Å². The van der Waals surface area contributed by atoms with Gasteiger partial charge in [-0.05, 0) is 6.07 Å². The SMILES string of the molecule is COC(=O)c1cc(C(F)F)nc(Cl)c1C(F)(F)F. The van der Waals surface area contributed by atoms with Gasteiger partial charge in [-0.3, -0.25) is 0 Å². The van der Waals surface area contributed by atoms with Crippen molar-refractivity contribution in [2.75, 3.05) is 7.11 Å². The van der Waals surface area contributed by atoms with Crippen LogP contribution in [0.3, 0.4) is 0 Å². The van der Waals surface area contributed by atoms with E-state index in [0.717, 1.165) is 7.11 Å². The first kappa shape index (κ1) is 14.6. The number of nitrogens with zero attached hydrogens (tertiary/aromatic N) is 1. The lowest BCUT2D eigenvalue weighted by molar-refractivity contribution is -0.138. The van der Waals surface area contributed by atoms with Gasteiger partial charge in [0.05, 0.1) is 12.7 Å². The van der Waals surface area contributed by atoms with E-state index in [9.17, 15) is 26.7 Å². The molecule has 0 atom stereocenters. The molecule has 0 aliphatic rings. The summed E-state index contributed by atoms with van der Waals surface area (Å²) in [4.78, 5) is 14.1. The number of esters is 1. The number of aromatic nitrogens is 1. The van der Waals surface area contributed by atoms with E-state index in [-0.39, 0.29) is 0 Å². The van der Waals surface area contributed by atoms with Crippen molar-refractivity contribution in [3.8, 4) is 0 Å². The fraction of sp³-hybridized carbons (Fsp3) is 0.333. The Labute approximate surface area is 103 Å². The molecule has 0 amide bonds. The highest BCUT2D eigenvalue weighted by atomic mass is 35.5. The summed E-state index contributed by atoms with van der Waals surface area (Å²) >= 11 is 5.19. The Balaban J connectivity index is 3.55. The molecule has 0 N–H and O–H groups in total. The van der Waals surface area contributed by atoms with Gasteiger partial charge in [-0.2, -0.15) is 13.2 Å². The molecule has 1 heterocycles. The first-order valence-corrected chi connectivity index (χ1v) is 4.70. The van der Waals surface area contributed by atoms with E-state index in [2.05, 4.69) is 9.72 Å². The number of pyridine rings is 1. The van der Waals surface area contributed by atoms with Crippen molar-refractivity contribution in [1.82, 2.24) is 4.98 Å². The topological polar surface area (TPSA) is 39.2 Å². The number of carbonyl (C=O) groups excluding carboxylic acids is 1. The Hall–Kier alpha value is -1.44. The van der Waals surface area contributed by atoms with Crippen LogP contribution >= 0.6 is 11.6 Å². The summed E-state index contributed by atoms with van der Waals surface area (Å²) in [5.74, 6) is -1.42. The number of hydrogen-bond acceptors (Lipinski definition) is 3. The summed E-state index contributed by atoms with van der Waals surface area (Å²) in [7, 11) is 0.818. The Kier molecular flexibility index (Phi) is 4.10. The number of ether oxygens (including phenoxy) is 1. The number of halogens is 6. The van der Waals surface area contributed by atoms with Crippen LogP contribution in [0.2, 0.25) is 5.15 Å². The number of carbonyl (C=O) groups is 1. The molecular weight excluding hydrogens is 285 g/mol. The molecule has 0 bridgehead atoms. The second kappa shape index (κ2) is 5.05. The first-order valence-electron chi connectivity index (χ1n) is 4.32. The maximum atomic E-state index is 12.6. The Bertz CT molecular complexity index is 475. The maximum Gasteiger partial charge on any atom is 0.420 e. The number of alkyl halides is 5. The monoisotopic (exact) mass is 289 g/mol. The number of hydrogen-bond donors (Lipinski definition) is 0. The molecule has 100 valence electrons. The zero-order chi connectivity index (χ0) is 14.1. The van der Waals surface area contributed by atoms with Crippen LogP contribution in [-0.4, -0.2) is 18.1 Å². The lowest BCUT2D eigenvalue weighted by atomic mass is 10.1. The van der Waals surface area contributed by atoms with E-state index in [4.69, 9.17) is 11.6 Å². The van der Waals surface area contributed by atoms with Gasteiger partial charge in [-0.1, -0.05) is 11.6 Å². The molecule has 0 radical (unpaired) electrons. The van der Waals surface area contributed by atoms with Gasteiger partial charge in [-0.15, -0.1) is 0 Å². The molecule has 3 nitrogen and oxygen atoms in total. The van der Waals surface area contributed by atoms with Crippen molar-refractivity contribution in [2.24, 2.45) is 0 Å². The third kappa shape index (κ3) is 2.87. The molecule has 0 unspecified atom stereocenters. The third-order valence-corrected chi connectivity index (χ3v) is 2.18. The molecule has 0 aliphatic carbocycles. The maximum absolute atomic E-state index is 12.6. The van der Waals surface area contributed by atoms with Crippen LogP contribution in [0.1, 0.15) is 28.0 Å². The second-order valence-corrected chi connectivity index (χ2v) is 3.41. The van der Waals surface area contributed by atoms with E-state index >= 15 is 0 Å². The normalized spacial score (nSPS) is 11.8. The number of rotatable bonds is 2. The van der Waals surface area contributed by atoms with Crippen molar-refractivity contribution in [1.29, 1.82) is 0 Å². The van der Waals surface area contributed by atoms with Gasteiger partial charge in [0, 0.05) is 0 Å². The molecule has 0 aliphatic heterocycles. The van der Waals surface area contributed by atoms with Gasteiger partial charge >= 0.3 is 12.1 Å². The molecule has 0 saturated heterocycles. The van der Waals surface area contributed by atoms with Crippen molar-refractivity contribution < 1.29 is 31.5 Å². The van der Waals surface area contributed by atoms with Crippen LogP contribution in [0.4, 0.5) is 22.0 Å². The highest BCUT2D eigenvalue weighted by molar-refractivity contribution is 6.30. The molecule has 1 aromatic rings. The molecule has 0 fully saturated rings. The minimum Gasteiger partial charge on any atom is -0.465 e. The Morgan fingerprint density at radius 3 is 2.39 bits per heavy atom. The van der Waals surface area contributed by atoms with Crippen molar-refractivity contribution >= 4 is 17.6 Å². The van der Waals surface area contributed by atoms with Gasteiger partial charge in [-0.25, -0.2) is 18.6 Å². The van der Waals surface area contributed by atoms with E-state index in [1.54, 1.807) is 0 Å². The molecule has 18 heavy (non-hydrogen) atoms. The lowest BCUT2D eigenvalue weighted by Crippen LogP contribution is -2.17. The number of methoxy groups -OCH3 is 1. The highest BCUT2D eigenvalue weighted by Crippen LogP contribution is 2.38. The fourth-order valence-corrected chi connectivity index (χ4v) is 1.49. The van der Waals surface area contributed by atoms with Crippen LogP contribution in [-0.2, 0) is 10.9 Å².